The number of rotatable bonds is 6. The van der Waals surface area contributed by atoms with Gasteiger partial charge in [-0.15, -0.1) is 0 Å². The van der Waals surface area contributed by atoms with E-state index < -0.39 is 0 Å². The first kappa shape index (κ1) is 11.4. The van der Waals surface area contributed by atoms with Crippen molar-refractivity contribution >= 4 is 5.91 Å². The maximum absolute atomic E-state index is 10.4. The van der Waals surface area contributed by atoms with Gasteiger partial charge < -0.3 is 15.7 Å². The predicted octanol–water partition coefficient (Wildman–Crippen LogP) is -0.517. The Hall–Kier alpha value is -0.610. The van der Waals surface area contributed by atoms with Gasteiger partial charge in [0.05, 0.1) is 0 Å². The quantitative estimate of drug-likeness (QED) is 0.475. The number of carbonyl (C=O) groups is 1. The maximum atomic E-state index is 10.4. The lowest BCUT2D eigenvalue weighted by atomic mass is 10.2. The van der Waals surface area contributed by atoms with Gasteiger partial charge in [-0.25, -0.2) is 0 Å². The van der Waals surface area contributed by atoms with Gasteiger partial charge in [-0.2, -0.15) is 0 Å². The summed E-state index contributed by atoms with van der Waals surface area (Å²) >= 11 is 0. The second-order valence-corrected chi connectivity index (χ2v) is 2.85. The summed E-state index contributed by atoms with van der Waals surface area (Å²) in [7, 11) is 0. The number of carbonyl (C=O) groups excluding carboxylic acids is 1. The lowest BCUT2D eigenvalue weighted by molar-refractivity contribution is -0.118. The van der Waals surface area contributed by atoms with Gasteiger partial charge in [0.15, 0.2) is 0 Å². The van der Waals surface area contributed by atoms with E-state index in [9.17, 15) is 4.79 Å². The van der Waals surface area contributed by atoms with Gasteiger partial charge >= 0.3 is 0 Å². The summed E-state index contributed by atoms with van der Waals surface area (Å²) in [5, 5.41) is 14.4. The minimum atomic E-state index is -0.00777. The van der Waals surface area contributed by atoms with Crippen molar-refractivity contribution in [2.45, 2.75) is 26.3 Å². The molecule has 1 atom stereocenters. The molecule has 0 saturated heterocycles. The number of aliphatic hydroxyl groups excluding tert-OH is 1. The maximum Gasteiger partial charge on any atom is 0.216 e. The standard InChI is InChI=1S/C8H18N2O2/c1-7(3-6-11)9-4-5-10-8(2)12/h7,9,11H,3-6H2,1-2H3,(H,10,12). The summed E-state index contributed by atoms with van der Waals surface area (Å²) in [6, 6.07) is 0.309. The fraction of sp³-hybridized carbons (Fsp3) is 0.875. The molecule has 0 fully saturated rings. The minimum absolute atomic E-state index is 0.00777. The van der Waals surface area contributed by atoms with Crippen LogP contribution in [0.5, 0.6) is 0 Å². The van der Waals surface area contributed by atoms with Crippen LogP contribution in [-0.4, -0.2) is 36.8 Å². The summed E-state index contributed by atoms with van der Waals surface area (Å²) in [6.07, 6.45) is 0.750. The van der Waals surface area contributed by atoms with Crippen LogP contribution in [0.3, 0.4) is 0 Å². The van der Waals surface area contributed by atoms with Gasteiger partial charge in [-0.05, 0) is 13.3 Å². The van der Waals surface area contributed by atoms with Crippen LogP contribution in [0.25, 0.3) is 0 Å². The highest BCUT2D eigenvalue weighted by Crippen LogP contribution is 1.86. The number of aliphatic hydroxyl groups is 1. The zero-order chi connectivity index (χ0) is 9.40. The Labute approximate surface area is 73.3 Å². The zero-order valence-electron chi connectivity index (χ0n) is 7.76. The number of hydrogen-bond donors (Lipinski definition) is 3. The number of amides is 1. The molecule has 0 bridgehead atoms. The molecule has 0 aromatic carbocycles. The predicted molar refractivity (Wildman–Crippen MR) is 47.9 cm³/mol. The largest absolute Gasteiger partial charge is 0.396 e. The van der Waals surface area contributed by atoms with E-state index in [4.69, 9.17) is 5.11 Å². The lowest BCUT2D eigenvalue weighted by Crippen LogP contribution is -2.35. The van der Waals surface area contributed by atoms with E-state index in [0.717, 1.165) is 13.0 Å². The summed E-state index contributed by atoms with van der Waals surface area (Å²) in [6.45, 7) is 5.10. The van der Waals surface area contributed by atoms with E-state index >= 15 is 0 Å². The average molecular weight is 174 g/mol. The molecule has 0 heterocycles. The Balaban J connectivity index is 3.13. The molecule has 4 heteroatoms. The molecule has 1 unspecified atom stereocenters. The van der Waals surface area contributed by atoms with Crippen LogP contribution in [0.1, 0.15) is 20.3 Å². The highest BCUT2D eigenvalue weighted by atomic mass is 16.3. The Morgan fingerprint density at radius 2 is 2.17 bits per heavy atom. The first-order valence-electron chi connectivity index (χ1n) is 4.25. The lowest BCUT2D eigenvalue weighted by Gasteiger charge is -2.11. The van der Waals surface area contributed by atoms with Crippen LogP contribution in [0.15, 0.2) is 0 Å². The van der Waals surface area contributed by atoms with E-state index in [1.54, 1.807) is 0 Å². The second-order valence-electron chi connectivity index (χ2n) is 2.85. The van der Waals surface area contributed by atoms with Gasteiger partial charge in [0.25, 0.3) is 0 Å². The molecule has 4 nitrogen and oxygen atoms in total. The fourth-order valence-electron chi connectivity index (χ4n) is 0.853. The van der Waals surface area contributed by atoms with Crippen LogP contribution < -0.4 is 10.6 Å². The molecule has 0 aliphatic carbocycles. The smallest absolute Gasteiger partial charge is 0.216 e. The molecule has 0 aromatic heterocycles. The van der Waals surface area contributed by atoms with Gasteiger partial charge in [-0.3, -0.25) is 4.79 Å². The molecular formula is C8H18N2O2. The van der Waals surface area contributed by atoms with E-state index in [2.05, 4.69) is 10.6 Å². The Bertz CT molecular complexity index is 128. The van der Waals surface area contributed by atoms with Crippen molar-refractivity contribution in [2.24, 2.45) is 0 Å². The van der Waals surface area contributed by atoms with E-state index in [0.29, 0.717) is 12.6 Å². The highest BCUT2D eigenvalue weighted by Gasteiger charge is 1.98. The van der Waals surface area contributed by atoms with E-state index in [1.807, 2.05) is 6.92 Å². The van der Waals surface area contributed by atoms with Crippen LogP contribution in [0.4, 0.5) is 0 Å². The highest BCUT2D eigenvalue weighted by molar-refractivity contribution is 5.72. The third-order valence-corrected chi connectivity index (χ3v) is 1.55. The molecule has 0 rings (SSSR count). The van der Waals surface area contributed by atoms with Crippen LogP contribution >= 0.6 is 0 Å². The average Bonchev–Trinajstić information content (AvgIpc) is 1.98. The Kier molecular flexibility index (Phi) is 6.70. The molecule has 0 aliphatic heterocycles. The molecule has 0 aromatic rings. The first-order chi connectivity index (χ1) is 5.66. The monoisotopic (exact) mass is 174 g/mol. The molecule has 0 saturated carbocycles. The summed E-state index contributed by atoms with van der Waals surface area (Å²) < 4.78 is 0. The molecule has 3 N–H and O–H groups in total. The van der Waals surface area contributed by atoms with E-state index in [1.165, 1.54) is 6.92 Å². The number of hydrogen-bond acceptors (Lipinski definition) is 3. The van der Waals surface area contributed by atoms with Crippen molar-refractivity contribution in [3.05, 3.63) is 0 Å². The molecule has 0 spiro atoms. The normalized spacial score (nSPS) is 12.6. The summed E-state index contributed by atoms with van der Waals surface area (Å²) in [5.74, 6) is -0.00777. The fourth-order valence-corrected chi connectivity index (χ4v) is 0.853. The SMILES string of the molecule is CC(=O)NCCNC(C)CCO. The van der Waals surface area contributed by atoms with Gasteiger partial charge in [0.2, 0.25) is 5.91 Å². The van der Waals surface area contributed by atoms with Crippen molar-refractivity contribution in [1.29, 1.82) is 0 Å². The van der Waals surface area contributed by atoms with Crippen LogP contribution in [-0.2, 0) is 4.79 Å². The van der Waals surface area contributed by atoms with Gasteiger partial charge in [0, 0.05) is 32.7 Å². The Morgan fingerprint density at radius 1 is 1.50 bits per heavy atom. The van der Waals surface area contributed by atoms with Crippen molar-refractivity contribution in [2.75, 3.05) is 19.7 Å². The summed E-state index contributed by atoms with van der Waals surface area (Å²) in [5.41, 5.74) is 0. The van der Waals surface area contributed by atoms with Crippen molar-refractivity contribution in [3.8, 4) is 0 Å². The van der Waals surface area contributed by atoms with Crippen molar-refractivity contribution in [1.82, 2.24) is 10.6 Å². The van der Waals surface area contributed by atoms with Gasteiger partial charge in [-0.1, -0.05) is 0 Å². The van der Waals surface area contributed by atoms with Crippen LogP contribution in [0, 0.1) is 0 Å². The topological polar surface area (TPSA) is 61.4 Å². The second kappa shape index (κ2) is 7.06. The van der Waals surface area contributed by atoms with Crippen molar-refractivity contribution in [3.63, 3.8) is 0 Å². The minimum Gasteiger partial charge on any atom is -0.396 e. The molecule has 72 valence electrons. The number of nitrogens with one attached hydrogen (secondary N) is 2. The zero-order valence-corrected chi connectivity index (χ0v) is 7.76. The van der Waals surface area contributed by atoms with E-state index in [-0.39, 0.29) is 12.5 Å². The van der Waals surface area contributed by atoms with Crippen LogP contribution in [0.2, 0.25) is 0 Å². The molecular weight excluding hydrogens is 156 g/mol. The summed E-state index contributed by atoms with van der Waals surface area (Å²) in [4.78, 5) is 10.4. The van der Waals surface area contributed by atoms with Crippen molar-refractivity contribution < 1.29 is 9.90 Å². The third kappa shape index (κ3) is 7.50. The van der Waals surface area contributed by atoms with Gasteiger partial charge in [0.1, 0.15) is 0 Å². The molecule has 12 heavy (non-hydrogen) atoms. The molecule has 1 amide bonds. The Morgan fingerprint density at radius 3 is 2.67 bits per heavy atom. The first-order valence-corrected chi connectivity index (χ1v) is 4.25. The molecule has 0 radical (unpaired) electrons. The third-order valence-electron chi connectivity index (χ3n) is 1.55. The molecule has 0 aliphatic rings.